The SMILES string of the molecule is Cc1ccc(S(=O)(=O)N(CC#CCCO)CC2OC2c2ccccc2)cc1. The van der Waals surface area contributed by atoms with E-state index in [4.69, 9.17) is 9.84 Å². The van der Waals surface area contributed by atoms with Crippen LogP contribution in [0.3, 0.4) is 0 Å². The number of aliphatic hydroxyl groups excluding tert-OH is 1. The van der Waals surface area contributed by atoms with Crippen LogP contribution in [0.5, 0.6) is 0 Å². The van der Waals surface area contributed by atoms with E-state index < -0.39 is 10.0 Å². The van der Waals surface area contributed by atoms with Gasteiger partial charge in [-0.2, -0.15) is 4.31 Å². The van der Waals surface area contributed by atoms with Gasteiger partial charge in [0.25, 0.3) is 0 Å². The Kier molecular flexibility index (Phi) is 6.30. The topological polar surface area (TPSA) is 70.1 Å². The van der Waals surface area contributed by atoms with E-state index in [1.807, 2.05) is 37.3 Å². The highest BCUT2D eigenvalue weighted by molar-refractivity contribution is 7.89. The van der Waals surface area contributed by atoms with Gasteiger partial charge >= 0.3 is 0 Å². The van der Waals surface area contributed by atoms with Gasteiger partial charge in [0.1, 0.15) is 12.2 Å². The van der Waals surface area contributed by atoms with E-state index in [1.54, 1.807) is 24.3 Å². The van der Waals surface area contributed by atoms with Gasteiger partial charge in [0, 0.05) is 13.0 Å². The number of ether oxygens (including phenoxy) is 1. The number of nitrogens with zero attached hydrogens (tertiary/aromatic N) is 1. The number of benzene rings is 2. The molecule has 0 spiro atoms. The van der Waals surface area contributed by atoms with E-state index in [2.05, 4.69) is 11.8 Å². The van der Waals surface area contributed by atoms with Crippen molar-refractivity contribution in [1.29, 1.82) is 0 Å². The summed E-state index contributed by atoms with van der Waals surface area (Å²) in [5, 5.41) is 8.86. The zero-order valence-electron chi connectivity index (χ0n) is 15.2. The van der Waals surface area contributed by atoms with Gasteiger partial charge in [-0.15, -0.1) is 0 Å². The van der Waals surface area contributed by atoms with Crippen molar-refractivity contribution in [1.82, 2.24) is 4.31 Å². The molecule has 2 atom stereocenters. The lowest BCUT2D eigenvalue weighted by atomic mass is 10.1. The van der Waals surface area contributed by atoms with Crippen LogP contribution < -0.4 is 0 Å². The normalized spacial score (nSPS) is 18.8. The maximum atomic E-state index is 13.1. The van der Waals surface area contributed by atoms with Crippen LogP contribution in [0.4, 0.5) is 0 Å². The minimum Gasteiger partial charge on any atom is -0.395 e. The third kappa shape index (κ3) is 4.96. The van der Waals surface area contributed by atoms with E-state index in [0.717, 1.165) is 11.1 Å². The summed E-state index contributed by atoms with van der Waals surface area (Å²) in [5.74, 6) is 5.63. The number of rotatable bonds is 7. The molecule has 1 N–H and O–H groups in total. The highest BCUT2D eigenvalue weighted by Gasteiger charge is 2.43. The molecule has 1 aliphatic rings. The van der Waals surface area contributed by atoms with E-state index in [1.165, 1.54) is 4.31 Å². The minimum absolute atomic E-state index is 0.0421. The number of sulfonamides is 1. The molecule has 142 valence electrons. The lowest BCUT2D eigenvalue weighted by Crippen LogP contribution is -2.35. The van der Waals surface area contributed by atoms with Gasteiger partial charge < -0.3 is 9.84 Å². The number of aliphatic hydroxyl groups is 1. The molecule has 6 heteroatoms. The molecule has 3 rings (SSSR count). The number of epoxide rings is 1. The molecular weight excluding hydrogens is 362 g/mol. The van der Waals surface area contributed by atoms with Crippen molar-refractivity contribution in [3.63, 3.8) is 0 Å². The van der Waals surface area contributed by atoms with E-state index >= 15 is 0 Å². The maximum absolute atomic E-state index is 13.1. The van der Waals surface area contributed by atoms with Crippen molar-refractivity contribution in [3.05, 3.63) is 65.7 Å². The third-order valence-electron chi connectivity index (χ3n) is 4.37. The summed E-state index contributed by atoms with van der Waals surface area (Å²) in [7, 11) is -3.68. The van der Waals surface area contributed by atoms with E-state index in [-0.39, 0.29) is 36.8 Å². The molecule has 0 saturated carbocycles. The molecule has 2 aromatic rings. The second-order valence-electron chi connectivity index (χ2n) is 6.44. The maximum Gasteiger partial charge on any atom is 0.244 e. The summed E-state index contributed by atoms with van der Waals surface area (Å²) in [6, 6.07) is 16.6. The molecule has 1 saturated heterocycles. The van der Waals surface area contributed by atoms with Gasteiger partial charge in [-0.05, 0) is 24.6 Å². The average Bonchev–Trinajstić information content (AvgIpc) is 3.44. The Balaban J connectivity index is 1.77. The third-order valence-corrected chi connectivity index (χ3v) is 6.20. The lowest BCUT2D eigenvalue weighted by molar-refractivity contribution is 0.305. The number of hydrogen-bond acceptors (Lipinski definition) is 4. The standard InChI is InChI=1S/C21H23NO4S/c1-17-10-12-19(13-11-17)27(24,25)22(14-6-3-7-15-23)16-20-21(26-20)18-8-4-2-5-9-18/h2,4-5,8-13,20-21,23H,7,14-16H2,1H3. The Hall–Kier alpha value is -2.17. The second-order valence-corrected chi connectivity index (χ2v) is 8.38. The number of aryl methyl sites for hydroxylation is 1. The van der Waals surface area contributed by atoms with Crippen LogP contribution >= 0.6 is 0 Å². The van der Waals surface area contributed by atoms with Crippen molar-refractivity contribution in [2.75, 3.05) is 19.7 Å². The van der Waals surface area contributed by atoms with Crippen LogP contribution in [0.1, 0.15) is 23.7 Å². The van der Waals surface area contributed by atoms with Crippen molar-refractivity contribution in [3.8, 4) is 11.8 Å². The summed E-state index contributed by atoms with van der Waals surface area (Å²) in [4.78, 5) is 0.244. The fourth-order valence-electron chi connectivity index (χ4n) is 2.81. The first-order valence-electron chi connectivity index (χ1n) is 8.86. The van der Waals surface area contributed by atoms with E-state index in [0.29, 0.717) is 6.42 Å². The van der Waals surface area contributed by atoms with Crippen molar-refractivity contribution in [2.45, 2.75) is 30.4 Å². The quantitative estimate of drug-likeness (QED) is 0.587. The lowest BCUT2D eigenvalue weighted by Gasteiger charge is -2.19. The highest BCUT2D eigenvalue weighted by Crippen LogP contribution is 2.39. The molecule has 0 radical (unpaired) electrons. The molecule has 27 heavy (non-hydrogen) atoms. The molecule has 2 unspecified atom stereocenters. The molecule has 5 nitrogen and oxygen atoms in total. The zero-order chi connectivity index (χ0) is 19.3. The Bertz CT molecular complexity index is 914. The Morgan fingerprint density at radius 2 is 1.78 bits per heavy atom. The fourth-order valence-corrected chi connectivity index (χ4v) is 4.17. The van der Waals surface area contributed by atoms with Crippen LogP contribution in [-0.4, -0.2) is 43.6 Å². The first-order valence-corrected chi connectivity index (χ1v) is 10.3. The Labute approximate surface area is 160 Å². The summed E-state index contributed by atoms with van der Waals surface area (Å²) in [6.07, 6.45) is 0.0462. The van der Waals surface area contributed by atoms with Gasteiger partial charge in [0.15, 0.2) is 0 Å². The fraction of sp³-hybridized carbons (Fsp3) is 0.333. The van der Waals surface area contributed by atoms with Gasteiger partial charge in [-0.3, -0.25) is 0 Å². The van der Waals surface area contributed by atoms with Gasteiger partial charge in [0.05, 0.1) is 18.0 Å². The molecule has 0 aromatic heterocycles. The Morgan fingerprint density at radius 3 is 2.44 bits per heavy atom. The molecule has 0 bridgehead atoms. The average molecular weight is 385 g/mol. The molecular formula is C21H23NO4S. The second kappa shape index (κ2) is 8.68. The smallest absolute Gasteiger partial charge is 0.244 e. The predicted molar refractivity (Wildman–Crippen MR) is 103 cm³/mol. The monoisotopic (exact) mass is 385 g/mol. The van der Waals surface area contributed by atoms with Crippen LogP contribution in [0.25, 0.3) is 0 Å². The van der Waals surface area contributed by atoms with Crippen molar-refractivity contribution >= 4 is 10.0 Å². The minimum atomic E-state index is -3.68. The van der Waals surface area contributed by atoms with Crippen molar-refractivity contribution < 1.29 is 18.3 Å². The molecule has 0 aliphatic carbocycles. The molecule has 2 aromatic carbocycles. The molecule has 0 amide bonds. The molecule has 1 fully saturated rings. The van der Waals surface area contributed by atoms with Crippen molar-refractivity contribution in [2.24, 2.45) is 0 Å². The van der Waals surface area contributed by atoms with Gasteiger partial charge in [0.2, 0.25) is 10.0 Å². The zero-order valence-corrected chi connectivity index (χ0v) is 16.0. The largest absolute Gasteiger partial charge is 0.395 e. The van der Waals surface area contributed by atoms with Crippen LogP contribution in [0.15, 0.2) is 59.5 Å². The van der Waals surface area contributed by atoms with Crippen LogP contribution in [0, 0.1) is 18.8 Å². The summed E-state index contributed by atoms with van der Waals surface area (Å²) >= 11 is 0. The van der Waals surface area contributed by atoms with Gasteiger partial charge in [-0.1, -0.05) is 59.9 Å². The van der Waals surface area contributed by atoms with Crippen LogP contribution in [0.2, 0.25) is 0 Å². The molecule has 1 aliphatic heterocycles. The molecule has 1 heterocycles. The predicted octanol–water partition coefficient (Wildman–Crippen LogP) is 2.51. The summed E-state index contributed by atoms with van der Waals surface area (Å²) in [5.41, 5.74) is 2.04. The van der Waals surface area contributed by atoms with E-state index in [9.17, 15) is 8.42 Å². The summed E-state index contributed by atoms with van der Waals surface area (Å²) < 4.78 is 33.2. The van der Waals surface area contributed by atoms with Crippen LogP contribution in [-0.2, 0) is 14.8 Å². The first kappa shape index (κ1) is 19.6. The highest BCUT2D eigenvalue weighted by atomic mass is 32.2. The first-order chi connectivity index (χ1) is 13.0. The Morgan fingerprint density at radius 1 is 1.07 bits per heavy atom. The number of hydrogen-bond donors (Lipinski definition) is 1. The summed E-state index contributed by atoms with van der Waals surface area (Å²) in [6.45, 7) is 2.18. The van der Waals surface area contributed by atoms with Gasteiger partial charge in [-0.25, -0.2) is 8.42 Å².